The van der Waals surface area contributed by atoms with E-state index in [1.807, 2.05) is 20.8 Å². The molecule has 1 saturated heterocycles. The van der Waals surface area contributed by atoms with E-state index >= 15 is 0 Å². The SMILES string of the molecule is Cc1ccc(S(=O)(=O)N(c2ccc(OC(=O)N(C)C)cc2)[C@@](C)(C(=O)OC(C)C)C(=O)[C@H]2NC(C)(C)CS2)cc1. The fraction of sp³-hybridized carbons (Fsp3) is 0.464. The third-order valence-electron chi connectivity index (χ3n) is 6.20. The highest BCUT2D eigenvalue weighted by atomic mass is 32.2. The van der Waals surface area contributed by atoms with Gasteiger partial charge in [-0.15, -0.1) is 11.8 Å². The zero-order chi connectivity index (χ0) is 30.0. The molecule has 0 unspecified atom stereocenters. The first-order valence-electron chi connectivity index (χ1n) is 12.7. The number of aryl methyl sites for hydroxylation is 1. The van der Waals surface area contributed by atoms with Crippen molar-refractivity contribution < 1.29 is 32.3 Å². The molecule has 0 radical (unpaired) electrons. The number of ketones is 1. The largest absolute Gasteiger partial charge is 0.461 e. The van der Waals surface area contributed by atoms with Gasteiger partial charge >= 0.3 is 12.1 Å². The molecule has 218 valence electrons. The molecule has 1 fully saturated rings. The van der Waals surface area contributed by atoms with Gasteiger partial charge in [0.05, 0.1) is 16.7 Å². The smallest absolute Gasteiger partial charge is 0.414 e. The third-order valence-corrected chi connectivity index (χ3v) is 9.68. The quantitative estimate of drug-likeness (QED) is 0.341. The molecule has 0 spiro atoms. The lowest BCUT2D eigenvalue weighted by Gasteiger charge is -2.40. The van der Waals surface area contributed by atoms with Gasteiger partial charge in [0.25, 0.3) is 10.0 Å². The number of rotatable bonds is 9. The molecule has 2 aromatic carbocycles. The number of nitrogens with one attached hydrogen (secondary N) is 1. The Labute approximate surface area is 240 Å². The van der Waals surface area contributed by atoms with Gasteiger partial charge in [0.2, 0.25) is 5.54 Å². The minimum atomic E-state index is -4.50. The van der Waals surface area contributed by atoms with E-state index in [9.17, 15) is 22.8 Å². The summed E-state index contributed by atoms with van der Waals surface area (Å²) in [6.45, 7) is 10.2. The summed E-state index contributed by atoms with van der Waals surface area (Å²) in [6, 6.07) is 11.7. The highest BCUT2D eigenvalue weighted by molar-refractivity contribution is 8.01. The van der Waals surface area contributed by atoms with Crippen LogP contribution in [0.3, 0.4) is 0 Å². The minimum absolute atomic E-state index is 0.0176. The number of carbonyl (C=O) groups is 3. The first-order valence-corrected chi connectivity index (χ1v) is 15.2. The van der Waals surface area contributed by atoms with Crippen molar-refractivity contribution in [3.63, 3.8) is 0 Å². The molecule has 1 heterocycles. The summed E-state index contributed by atoms with van der Waals surface area (Å²) in [5.41, 5.74) is -1.85. The van der Waals surface area contributed by atoms with Crippen molar-refractivity contribution in [2.75, 3.05) is 24.2 Å². The molecular weight excluding hydrogens is 554 g/mol. The van der Waals surface area contributed by atoms with Crippen molar-refractivity contribution in [2.45, 2.75) is 69.0 Å². The molecule has 0 saturated carbocycles. The lowest BCUT2D eigenvalue weighted by molar-refractivity contribution is -0.156. The molecule has 1 aliphatic rings. The molecular formula is C28H37N3O7S2. The van der Waals surface area contributed by atoms with Crippen molar-refractivity contribution in [3.05, 3.63) is 54.1 Å². The van der Waals surface area contributed by atoms with E-state index in [0.717, 1.165) is 9.87 Å². The van der Waals surface area contributed by atoms with Crippen LogP contribution in [0.1, 0.15) is 40.2 Å². The Kier molecular flexibility index (Phi) is 9.27. The summed E-state index contributed by atoms with van der Waals surface area (Å²) in [7, 11) is -1.45. The Morgan fingerprint density at radius 2 is 1.62 bits per heavy atom. The summed E-state index contributed by atoms with van der Waals surface area (Å²) in [5, 5.41) is 2.35. The van der Waals surface area contributed by atoms with Crippen LogP contribution in [-0.2, 0) is 24.3 Å². The van der Waals surface area contributed by atoms with Crippen LogP contribution in [0.5, 0.6) is 5.75 Å². The van der Waals surface area contributed by atoms with Crippen LogP contribution in [0.4, 0.5) is 10.5 Å². The molecule has 0 bridgehead atoms. The number of amides is 1. The Morgan fingerprint density at radius 3 is 2.10 bits per heavy atom. The van der Waals surface area contributed by atoms with E-state index in [-0.39, 0.29) is 16.3 Å². The minimum Gasteiger partial charge on any atom is -0.461 e. The van der Waals surface area contributed by atoms with Crippen LogP contribution >= 0.6 is 11.8 Å². The van der Waals surface area contributed by atoms with Crippen molar-refractivity contribution in [3.8, 4) is 5.75 Å². The monoisotopic (exact) mass is 591 g/mol. The van der Waals surface area contributed by atoms with Gasteiger partial charge in [-0.05, 0) is 77.9 Å². The number of esters is 1. The molecule has 1 N–H and O–H groups in total. The highest BCUT2D eigenvalue weighted by Crippen LogP contribution is 2.38. The fourth-order valence-electron chi connectivity index (χ4n) is 4.03. The van der Waals surface area contributed by atoms with Gasteiger partial charge in [0, 0.05) is 25.4 Å². The van der Waals surface area contributed by atoms with Gasteiger partial charge < -0.3 is 14.4 Å². The van der Waals surface area contributed by atoms with Crippen molar-refractivity contribution >= 4 is 45.3 Å². The molecule has 2 aromatic rings. The fourth-order valence-corrected chi connectivity index (χ4v) is 7.22. The van der Waals surface area contributed by atoms with E-state index in [4.69, 9.17) is 9.47 Å². The standard InChI is InChI=1S/C28H37N3O7S2/c1-18(2)37-25(33)28(6,23(32)24-29-27(4,5)17-39-24)31(40(35,36)22-15-9-19(3)10-16-22)20-11-13-21(14-12-20)38-26(34)30(7)8/h9-16,18,24,29H,17H2,1-8H3/t24-,28+/m0/s1. The lowest BCUT2D eigenvalue weighted by atomic mass is 9.94. The van der Waals surface area contributed by atoms with Crippen LogP contribution in [0.15, 0.2) is 53.4 Å². The van der Waals surface area contributed by atoms with Crippen LogP contribution in [-0.4, -0.2) is 73.6 Å². The number of anilines is 1. The average molecular weight is 592 g/mol. The highest BCUT2D eigenvalue weighted by Gasteiger charge is 2.57. The molecule has 3 rings (SSSR count). The molecule has 0 aromatic heterocycles. The van der Waals surface area contributed by atoms with Gasteiger partial charge in [-0.2, -0.15) is 0 Å². The Morgan fingerprint density at radius 1 is 1.05 bits per heavy atom. The molecule has 10 nitrogen and oxygen atoms in total. The second kappa shape index (κ2) is 11.8. The molecule has 0 aliphatic carbocycles. The van der Waals surface area contributed by atoms with Crippen LogP contribution in [0.25, 0.3) is 0 Å². The van der Waals surface area contributed by atoms with Crippen molar-refractivity contribution in [1.29, 1.82) is 0 Å². The van der Waals surface area contributed by atoms with Crippen LogP contribution < -0.4 is 14.4 Å². The van der Waals surface area contributed by atoms with Gasteiger partial charge in [0.1, 0.15) is 11.1 Å². The predicted molar refractivity (Wildman–Crippen MR) is 155 cm³/mol. The average Bonchev–Trinajstić information content (AvgIpc) is 3.23. The number of ether oxygens (including phenoxy) is 2. The van der Waals surface area contributed by atoms with E-state index < -0.39 is 50.4 Å². The second-order valence-corrected chi connectivity index (χ2v) is 13.8. The Balaban J connectivity index is 2.24. The number of carbonyl (C=O) groups excluding carboxylic acids is 3. The van der Waals surface area contributed by atoms with Crippen LogP contribution in [0, 0.1) is 6.92 Å². The van der Waals surface area contributed by atoms with Gasteiger partial charge in [-0.25, -0.2) is 22.3 Å². The van der Waals surface area contributed by atoms with Crippen molar-refractivity contribution in [2.24, 2.45) is 0 Å². The van der Waals surface area contributed by atoms with E-state index in [1.54, 1.807) is 26.0 Å². The Hall–Kier alpha value is -3.09. The summed E-state index contributed by atoms with van der Waals surface area (Å²) in [6.07, 6.45) is -1.23. The number of nitrogens with zero attached hydrogens (tertiary/aromatic N) is 2. The maximum absolute atomic E-state index is 14.3. The third kappa shape index (κ3) is 6.61. The topological polar surface area (TPSA) is 122 Å². The number of hydrogen-bond donors (Lipinski definition) is 1. The summed E-state index contributed by atoms with van der Waals surface area (Å²) in [5.74, 6) is -0.927. The van der Waals surface area contributed by atoms with E-state index in [2.05, 4.69) is 5.32 Å². The van der Waals surface area contributed by atoms with E-state index in [1.165, 1.54) is 74.1 Å². The van der Waals surface area contributed by atoms with Gasteiger partial charge in [-0.1, -0.05) is 17.7 Å². The first-order chi connectivity index (χ1) is 18.5. The molecule has 2 atom stereocenters. The van der Waals surface area contributed by atoms with Crippen LogP contribution in [0.2, 0.25) is 0 Å². The lowest BCUT2D eigenvalue weighted by Crippen LogP contribution is -2.65. The number of hydrogen-bond acceptors (Lipinski definition) is 9. The second-order valence-electron chi connectivity index (χ2n) is 10.9. The van der Waals surface area contributed by atoms with Crippen molar-refractivity contribution in [1.82, 2.24) is 10.2 Å². The molecule has 1 amide bonds. The summed E-state index contributed by atoms with van der Waals surface area (Å²) >= 11 is 1.30. The molecule has 40 heavy (non-hydrogen) atoms. The maximum Gasteiger partial charge on any atom is 0.414 e. The zero-order valence-electron chi connectivity index (χ0n) is 24.0. The maximum atomic E-state index is 14.3. The summed E-state index contributed by atoms with van der Waals surface area (Å²) in [4.78, 5) is 41.2. The summed E-state index contributed by atoms with van der Waals surface area (Å²) < 4.78 is 40.3. The molecule has 12 heteroatoms. The van der Waals surface area contributed by atoms with E-state index in [0.29, 0.717) is 5.75 Å². The molecule has 1 aliphatic heterocycles. The predicted octanol–water partition coefficient (Wildman–Crippen LogP) is 3.97. The number of benzene rings is 2. The number of Topliss-reactive ketones (excluding diaryl/α,β-unsaturated/α-hetero) is 1. The normalized spacial score (nSPS) is 18.1. The number of thioether (sulfide) groups is 1. The first kappa shape index (κ1) is 31.4. The number of sulfonamides is 1. The van der Waals surface area contributed by atoms with Gasteiger partial charge in [-0.3, -0.25) is 10.1 Å². The Bertz CT molecular complexity index is 1360. The van der Waals surface area contributed by atoms with Gasteiger partial charge in [0.15, 0.2) is 5.78 Å². The zero-order valence-corrected chi connectivity index (χ0v) is 25.7.